The Labute approximate surface area is 123 Å². The number of hydrogen-bond acceptors (Lipinski definition) is 3. The van der Waals surface area contributed by atoms with Crippen LogP contribution in [0.3, 0.4) is 0 Å². The number of aromatic nitrogens is 2. The van der Waals surface area contributed by atoms with Crippen LogP contribution in [0.4, 0.5) is 13.2 Å². The van der Waals surface area contributed by atoms with Crippen molar-refractivity contribution in [2.45, 2.75) is 25.1 Å². The maximum absolute atomic E-state index is 12.5. The van der Waals surface area contributed by atoms with Crippen LogP contribution in [-0.2, 0) is 0 Å². The molecule has 21 heavy (non-hydrogen) atoms. The van der Waals surface area contributed by atoms with E-state index in [-0.39, 0.29) is 22.4 Å². The van der Waals surface area contributed by atoms with Crippen molar-refractivity contribution in [3.05, 3.63) is 41.3 Å². The second-order valence-corrected chi connectivity index (χ2v) is 5.14. The Balaban J connectivity index is 2.04. The van der Waals surface area contributed by atoms with Crippen molar-refractivity contribution in [2.24, 2.45) is 0 Å². The number of alkyl halides is 3. The van der Waals surface area contributed by atoms with Gasteiger partial charge in [0.1, 0.15) is 16.7 Å². The molecule has 0 saturated heterocycles. The summed E-state index contributed by atoms with van der Waals surface area (Å²) in [5, 5.41) is 0.212. The number of ether oxygens (including phenoxy) is 1. The number of para-hydroxylation sites is 1. The Bertz CT molecular complexity index is 672. The SMILES string of the molecule is FC(F)(F)Oc1ccccc1-c1cc(Cl)nc(C2CC2)n1. The van der Waals surface area contributed by atoms with E-state index >= 15 is 0 Å². The molecular weight excluding hydrogens is 305 g/mol. The van der Waals surface area contributed by atoms with E-state index in [0.29, 0.717) is 11.5 Å². The van der Waals surface area contributed by atoms with Crippen LogP contribution in [0.25, 0.3) is 11.3 Å². The van der Waals surface area contributed by atoms with Crippen LogP contribution in [-0.4, -0.2) is 16.3 Å². The third-order valence-corrected chi connectivity index (χ3v) is 3.24. The summed E-state index contributed by atoms with van der Waals surface area (Å²) in [5.74, 6) is 0.513. The second kappa shape index (κ2) is 5.18. The summed E-state index contributed by atoms with van der Waals surface area (Å²) in [7, 11) is 0. The maximum atomic E-state index is 12.5. The Morgan fingerprint density at radius 2 is 1.86 bits per heavy atom. The first-order chi connectivity index (χ1) is 9.92. The highest BCUT2D eigenvalue weighted by atomic mass is 35.5. The largest absolute Gasteiger partial charge is 0.573 e. The summed E-state index contributed by atoms with van der Waals surface area (Å²) in [4.78, 5) is 8.43. The fraction of sp³-hybridized carbons (Fsp3) is 0.286. The Hall–Kier alpha value is -1.82. The van der Waals surface area contributed by atoms with Crippen LogP contribution in [0.5, 0.6) is 5.75 Å². The summed E-state index contributed by atoms with van der Waals surface area (Å²) >= 11 is 5.94. The molecular formula is C14H10ClF3N2O. The van der Waals surface area contributed by atoms with Gasteiger partial charge >= 0.3 is 6.36 Å². The zero-order chi connectivity index (χ0) is 15.0. The molecule has 0 bridgehead atoms. The summed E-state index contributed by atoms with van der Waals surface area (Å²) in [5.41, 5.74) is 0.567. The smallest absolute Gasteiger partial charge is 0.405 e. The lowest BCUT2D eigenvalue weighted by atomic mass is 10.1. The molecule has 1 aromatic heterocycles. The van der Waals surface area contributed by atoms with Crippen LogP contribution in [0.2, 0.25) is 5.15 Å². The van der Waals surface area contributed by atoms with E-state index in [1.165, 1.54) is 24.3 Å². The molecule has 1 aliphatic carbocycles. The van der Waals surface area contributed by atoms with E-state index in [1.807, 2.05) is 0 Å². The van der Waals surface area contributed by atoms with Crippen molar-refractivity contribution in [3.63, 3.8) is 0 Å². The Kier molecular flexibility index (Phi) is 3.49. The normalized spacial score (nSPS) is 15.0. The summed E-state index contributed by atoms with van der Waals surface area (Å²) in [6.45, 7) is 0. The molecule has 2 aromatic rings. The van der Waals surface area contributed by atoms with Gasteiger partial charge in [0.2, 0.25) is 0 Å². The number of benzene rings is 1. The number of hydrogen-bond donors (Lipinski definition) is 0. The minimum Gasteiger partial charge on any atom is -0.405 e. The summed E-state index contributed by atoms with van der Waals surface area (Å²) < 4.78 is 41.4. The van der Waals surface area contributed by atoms with E-state index in [4.69, 9.17) is 11.6 Å². The zero-order valence-electron chi connectivity index (χ0n) is 10.7. The van der Waals surface area contributed by atoms with Crippen LogP contribution < -0.4 is 4.74 Å². The van der Waals surface area contributed by atoms with Gasteiger partial charge in [-0.3, -0.25) is 0 Å². The van der Waals surface area contributed by atoms with Crippen molar-refractivity contribution in [1.82, 2.24) is 9.97 Å². The minimum absolute atomic E-state index is 0.212. The number of rotatable bonds is 3. The summed E-state index contributed by atoms with van der Waals surface area (Å²) in [6, 6.07) is 7.28. The van der Waals surface area contributed by atoms with Gasteiger partial charge in [0.05, 0.1) is 5.69 Å². The lowest BCUT2D eigenvalue weighted by molar-refractivity contribution is -0.274. The minimum atomic E-state index is -4.76. The molecule has 7 heteroatoms. The number of nitrogens with zero attached hydrogens (tertiary/aromatic N) is 2. The van der Waals surface area contributed by atoms with E-state index in [2.05, 4.69) is 14.7 Å². The lowest BCUT2D eigenvalue weighted by Crippen LogP contribution is -2.17. The fourth-order valence-electron chi connectivity index (χ4n) is 1.99. The molecule has 110 valence electrons. The fourth-order valence-corrected chi connectivity index (χ4v) is 2.18. The zero-order valence-corrected chi connectivity index (χ0v) is 11.4. The van der Waals surface area contributed by atoms with Crippen molar-refractivity contribution in [2.75, 3.05) is 0 Å². The predicted octanol–water partition coefficient (Wildman–Crippen LogP) is 4.57. The van der Waals surface area contributed by atoms with Gasteiger partial charge in [-0.15, -0.1) is 13.2 Å². The molecule has 0 amide bonds. The van der Waals surface area contributed by atoms with Crippen LogP contribution >= 0.6 is 11.6 Å². The van der Waals surface area contributed by atoms with Gasteiger partial charge in [0.25, 0.3) is 0 Å². The van der Waals surface area contributed by atoms with E-state index in [1.54, 1.807) is 6.07 Å². The first-order valence-corrected chi connectivity index (χ1v) is 6.70. The molecule has 1 heterocycles. The van der Waals surface area contributed by atoms with E-state index < -0.39 is 6.36 Å². The highest BCUT2D eigenvalue weighted by Gasteiger charge is 2.33. The Morgan fingerprint density at radius 3 is 2.52 bits per heavy atom. The third-order valence-electron chi connectivity index (χ3n) is 3.04. The average molecular weight is 315 g/mol. The number of halogens is 4. The molecule has 0 atom stereocenters. The van der Waals surface area contributed by atoms with Crippen LogP contribution in [0.15, 0.2) is 30.3 Å². The molecule has 3 rings (SSSR count). The first-order valence-electron chi connectivity index (χ1n) is 6.32. The van der Waals surface area contributed by atoms with Crippen molar-refractivity contribution >= 4 is 11.6 Å². The molecule has 1 saturated carbocycles. The van der Waals surface area contributed by atoms with Gasteiger partial charge < -0.3 is 4.74 Å². The molecule has 3 nitrogen and oxygen atoms in total. The highest BCUT2D eigenvalue weighted by Crippen LogP contribution is 2.40. The van der Waals surface area contributed by atoms with Crippen molar-refractivity contribution in [1.29, 1.82) is 0 Å². The van der Waals surface area contributed by atoms with Gasteiger partial charge in [-0.05, 0) is 25.0 Å². The van der Waals surface area contributed by atoms with Gasteiger partial charge in [0.15, 0.2) is 0 Å². The molecule has 0 spiro atoms. The molecule has 0 aliphatic heterocycles. The molecule has 1 fully saturated rings. The predicted molar refractivity (Wildman–Crippen MR) is 71.1 cm³/mol. The standard InChI is InChI=1S/C14H10ClF3N2O/c15-12-7-10(19-13(20-12)8-5-6-8)9-3-1-2-4-11(9)21-14(16,17)18/h1-4,7-8H,5-6H2. The topological polar surface area (TPSA) is 35.0 Å². The highest BCUT2D eigenvalue weighted by molar-refractivity contribution is 6.29. The van der Waals surface area contributed by atoms with Crippen LogP contribution in [0, 0.1) is 0 Å². The first kappa shape index (κ1) is 14.1. The molecule has 0 unspecified atom stereocenters. The molecule has 1 aliphatic rings. The quantitative estimate of drug-likeness (QED) is 0.778. The molecule has 0 N–H and O–H groups in total. The average Bonchev–Trinajstić information content (AvgIpc) is 3.21. The van der Waals surface area contributed by atoms with Gasteiger partial charge in [-0.1, -0.05) is 23.7 Å². The maximum Gasteiger partial charge on any atom is 0.573 e. The van der Waals surface area contributed by atoms with E-state index in [0.717, 1.165) is 12.8 Å². The van der Waals surface area contributed by atoms with Crippen molar-refractivity contribution in [3.8, 4) is 17.0 Å². The molecule has 0 radical (unpaired) electrons. The second-order valence-electron chi connectivity index (χ2n) is 4.75. The Morgan fingerprint density at radius 1 is 1.14 bits per heavy atom. The van der Waals surface area contributed by atoms with Gasteiger partial charge in [-0.2, -0.15) is 0 Å². The van der Waals surface area contributed by atoms with Gasteiger partial charge in [0, 0.05) is 17.5 Å². The summed E-state index contributed by atoms with van der Waals surface area (Å²) in [6.07, 6.45) is -2.81. The third kappa shape index (κ3) is 3.44. The monoisotopic (exact) mass is 314 g/mol. The van der Waals surface area contributed by atoms with Crippen LogP contribution in [0.1, 0.15) is 24.6 Å². The van der Waals surface area contributed by atoms with E-state index in [9.17, 15) is 13.2 Å². The lowest BCUT2D eigenvalue weighted by Gasteiger charge is -2.13. The van der Waals surface area contributed by atoms with Gasteiger partial charge in [-0.25, -0.2) is 9.97 Å². The molecule has 1 aromatic carbocycles. The van der Waals surface area contributed by atoms with Crippen molar-refractivity contribution < 1.29 is 17.9 Å².